The molecule has 1 rings (SSSR count). The zero-order chi connectivity index (χ0) is 8.81. The molecule has 76 valence electrons. The topological polar surface area (TPSA) is 9.23 Å². The van der Waals surface area contributed by atoms with E-state index in [0.717, 1.165) is 6.61 Å². The molecule has 0 saturated carbocycles. The van der Waals surface area contributed by atoms with Crippen LogP contribution in [0.4, 0.5) is 0 Å². The van der Waals surface area contributed by atoms with Crippen molar-refractivity contribution < 1.29 is 21.8 Å². The molecule has 1 aromatic carbocycles. The van der Waals surface area contributed by atoms with Crippen LogP contribution >= 0.6 is 0 Å². The Labute approximate surface area is 91.0 Å². The van der Waals surface area contributed by atoms with Crippen molar-refractivity contribution in [3.63, 3.8) is 0 Å². The Hall–Kier alpha value is -0.301. The van der Waals surface area contributed by atoms with E-state index >= 15 is 0 Å². The largest absolute Gasteiger partial charge is 1.00 e. The summed E-state index contributed by atoms with van der Waals surface area (Å²) in [5.41, 5.74) is 1.22. The van der Waals surface area contributed by atoms with Crippen molar-refractivity contribution in [2.45, 2.75) is 13.5 Å². The first kappa shape index (κ1) is 12.7. The van der Waals surface area contributed by atoms with Gasteiger partial charge in [-0.05, 0) is 5.56 Å². The first-order valence-electron chi connectivity index (χ1n) is 4.24. The summed E-state index contributed by atoms with van der Waals surface area (Å²) in [5, 5.41) is 0. The van der Waals surface area contributed by atoms with Gasteiger partial charge in [-0.15, -0.1) is 5.92 Å². The first-order chi connectivity index (χ1) is 5.79. The van der Waals surface area contributed by atoms with E-state index in [1.165, 1.54) is 5.56 Å². The summed E-state index contributed by atoms with van der Waals surface area (Å²) < 4.78 is 5.42. The Morgan fingerprint density at radius 3 is 2.46 bits per heavy atom. The summed E-state index contributed by atoms with van der Waals surface area (Å²) in [7, 11) is 0. The van der Waals surface area contributed by atoms with Crippen molar-refractivity contribution in [1.82, 2.24) is 0 Å². The van der Waals surface area contributed by atoms with Crippen molar-refractivity contribution >= 4 is 0 Å². The molecule has 0 bridgehead atoms. The summed E-state index contributed by atoms with van der Waals surface area (Å²) >= 11 is 0. The van der Waals surface area contributed by atoms with Crippen LogP contribution in [-0.4, -0.2) is 6.61 Å². The van der Waals surface area contributed by atoms with Crippen LogP contribution in [0.15, 0.2) is 30.3 Å². The number of hydrogen-bond acceptors (Lipinski definition) is 1. The van der Waals surface area contributed by atoms with E-state index in [0.29, 0.717) is 12.5 Å². The molecular formula is C11H15CuO. The minimum absolute atomic E-state index is 0. The quantitative estimate of drug-likeness (QED) is 0.567. The zero-order valence-electron chi connectivity index (χ0n) is 7.80. The zero-order valence-corrected chi connectivity index (χ0v) is 8.74. The van der Waals surface area contributed by atoms with Crippen molar-refractivity contribution in [3.8, 4) is 0 Å². The standard InChI is InChI=1S/C11H15O.Cu/c1-10(2)8-12-9-11-6-4-3-5-7-11;/h3-7,10H,1,8-9H2,2H3;/q-1;+1/t10-;/m1./s1. The Bertz CT molecular complexity index is 209. The van der Waals surface area contributed by atoms with Gasteiger partial charge in [-0.3, -0.25) is 0 Å². The third kappa shape index (κ3) is 5.86. The van der Waals surface area contributed by atoms with Gasteiger partial charge >= 0.3 is 17.1 Å². The summed E-state index contributed by atoms with van der Waals surface area (Å²) in [6.07, 6.45) is 0. The third-order valence-corrected chi connectivity index (χ3v) is 1.51. The second-order valence-corrected chi connectivity index (χ2v) is 3.11. The predicted octanol–water partition coefficient (Wildman–Crippen LogP) is 2.67. The van der Waals surface area contributed by atoms with Crippen LogP contribution in [0.3, 0.4) is 0 Å². The monoisotopic (exact) mass is 226 g/mol. The minimum Gasteiger partial charge on any atom is -0.379 e. The molecule has 1 atom stereocenters. The van der Waals surface area contributed by atoms with Gasteiger partial charge in [-0.2, -0.15) is 0 Å². The maximum atomic E-state index is 5.42. The van der Waals surface area contributed by atoms with Crippen molar-refractivity contribution in [1.29, 1.82) is 0 Å². The molecule has 13 heavy (non-hydrogen) atoms. The van der Waals surface area contributed by atoms with E-state index in [9.17, 15) is 0 Å². The van der Waals surface area contributed by atoms with Crippen LogP contribution in [-0.2, 0) is 28.4 Å². The Morgan fingerprint density at radius 1 is 1.31 bits per heavy atom. The molecule has 1 nitrogen and oxygen atoms in total. The van der Waals surface area contributed by atoms with Gasteiger partial charge in [0.05, 0.1) is 6.61 Å². The molecule has 0 aliphatic rings. The van der Waals surface area contributed by atoms with Gasteiger partial charge in [0.25, 0.3) is 0 Å². The molecular weight excluding hydrogens is 212 g/mol. The average Bonchev–Trinajstić information content (AvgIpc) is 2.05. The minimum atomic E-state index is 0. The van der Waals surface area contributed by atoms with E-state index in [2.05, 4.69) is 19.1 Å². The fourth-order valence-corrected chi connectivity index (χ4v) is 0.952. The molecule has 0 unspecified atom stereocenters. The van der Waals surface area contributed by atoms with E-state index in [4.69, 9.17) is 4.74 Å². The number of rotatable bonds is 4. The van der Waals surface area contributed by atoms with Crippen LogP contribution in [0.5, 0.6) is 0 Å². The van der Waals surface area contributed by atoms with E-state index in [1.807, 2.05) is 25.1 Å². The SMILES string of the molecule is [CH2-][C@H](C)COCc1ccccc1.[Cu+]. The van der Waals surface area contributed by atoms with Crippen molar-refractivity contribution in [3.05, 3.63) is 42.8 Å². The Morgan fingerprint density at radius 2 is 1.92 bits per heavy atom. The van der Waals surface area contributed by atoms with Gasteiger partial charge < -0.3 is 11.7 Å². The van der Waals surface area contributed by atoms with Crippen LogP contribution in [0, 0.1) is 12.8 Å². The van der Waals surface area contributed by atoms with Gasteiger partial charge in [0.1, 0.15) is 0 Å². The maximum absolute atomic E-state index is 5.42. The van der Waals surface area contributed by atoms with Crippen LogP contribution in [0.25, 0.3) is 0 Å². The van der Waals surface area contributed by atoms with Crippen LogP contribution < -0.4 is 0 Å². The van der Waals surface area contributed by atoms with Crippen LogP contribution in [0.2, 0.25) is 0 Å². The molecule has 0 amide bonds. The summed E-state index contributed by atoms with van der Waals surface area (Å²) in [5.74, 6) is 0.369. The van der Waals surface area contributed by atoms with Gasteiger partial charge in [-0.1, -0.05) is 37.3 Å². The first-order valence-corrected chi connectivity index (χ1v) is 4.24. The van der Waals surface area contributed by atoms with Crippen molar-refractivity contribution in [2.24, 2.45) is 5.92 Å². The van der Waals surface area contributed by atoms with Gasteiger partial charge in [0.2, 0.25) is 0 Å². The molecule has 0 radical (unpaired) electrons. The smallest absolute Gasteiger partial charge is 0.379 e. The molecule has 0 N–H and O–H groups in total. The number of hydrogen-bond donors (Lipinski definition) is 0. The fraction of sp³-hybridized carbons (Fsp3) is 0.364. The Balaban J connectivity index is 0.00000144. The predicted molar refractivity (Wildman–Crippen MR) is 50.6 cm³/mol. The van der Waals surface area contributed by atoms with E-state index in [1.54, 1.807) is 0 Å². The number of ether oxygens (including phenoxy) is 1. The molecule has 1 aromatic rings. The molecule has 2 heteroatoms. The molecule has 0 heterocycles. The van der Waals surface area contributed by atoms with E-state index in [-0.39, 0.29) is 17.1 Å². The van der Waals surface area contributed by atoms with Crippen molar-refractivity contribution in [2.75, 3.05) is 6.61 Å². The molecule has 0 aliphatic carbocycles. The van der Waals surface area contributed by atoms with Gasteiger partial charge in [-0.25, -0.2) is 0 Å². The molecule has 0 aromatic heterocycles. The summed E-state index contributed by atoms with van der Waals surface area (Å²) in [4.78, 5) is 0. The van der Waals surface area contributed by atoms with E-state index < -0.39 is 0 Å². The molecule has 0 aliphatic heterocycles. The normalized spacial score (nSPS) is 11.8. The molecule has 0 fully saturated rings. The molecule has 0 spiro atoms. The van der Waals surface area contributed by atoms with Gasteiger partial charge in [0.15, 0.2) is 0 Å². The third-order valence-electron chi connectivity index (χ3n) is 1.51. The van der Waals surface area contributed by atoms with Gasteiger partial charge in [0, 0.05) is 6.61 Å². The second-order valence-electron chi connectivity index (χ2n) is 3.11. The fourth-order valence-electron chi connectivity index (χ4n) is 0.952. The Kier molecular flexibility index (Phi) is 6.97. The second kappa shape index (κ2) is 7.14. The number of benzene rings is 1. The maximum Gasteiger partial charge on any atom is 1.00 e. The molecule has 0 saturated heterocycles. The average molecular weight is 227 g/mol. The summed E-state index contributed by atoms with van der Waals surface area (Å²) in [6.45, 7) is 7.32. The summed E-state index contributed by atoms with van der Waals surface area (Å²) in [6, 6.07) is 10.2. The van der Waals surface area contributed by atoms with Crippen LogP contribution in [0.1, 0.15) is 12.5 Å².